The van der Waals surface area contributed by atoms with E-state index in [-0.39, 0.29) is 12.0 Å². The summed E-state index contributed by atoms with van der Waals surface area (Å²) in [5, 5.41) is 7.00. The Labute approximate surface area is 171 Å². The van der Waals surface area contributed by atoms with Gasteiger partial charge in [-0.2, -0.15) is 0 Å². The second kappa shape index (κ2) is 9.09. The molecule has 1 fully saturated rings. The molecule has 156 valence electrons. The first-order valence-electron chi connectivity index (χ1n) is 9.67. The number of nitrogens with zero attached hydrogens (tertiary/aromatic N) is 4. The lowest BCUT2D eigenvalue weighted by Gasteiger charge is -2.33. The van der Waals surface area contributed by atoms with Gasteiger partial charge in [-0.1, -0.05) is 0 Å². The first-order chi connectivity index (χ1) is 14.0. The molecule has 1 N–H and O–H groups in total. The summed E-state index contributed by atoms with van der Waals surface area (Å²) in [5.74, 6) is 2.40. The van der Waals surface area contributed by atoms with Gasteiger partial charge in [-0.15, -0.1) is 0 Å². The lowest BCUT2D eigenvalue weighted by Crippen LogP contribution is -2.39. The van der Waals surface area contributed by atoms with Crippen LogP contribution in [0.4, 0.5) is 5.82 Å². The zero-order chi connectivity index (χ0) is 21.0. The van der Waals surface area contributed by atoms with E-state index in [1.807, 2.05) is 26.1 Å². The Kier molecular flexibility index (Phi) is 6.53. The third-order valence-corrected chi connectivity index (χ3v) is 5.19. The normalized spacial score (nSPS) is 16.2. The number of amides is 1. The van der Waals surface area contributed by atoms with Crippen molar-refractivity contribution in [2.24, 2.45) is 0 Å². The number of carbonyl (C=O) groups excluding carboxylic acids is 1. The summed E-state index contributed by atoms with van der Waals surface area (Å²) in [6.07, 6.45) is 3.70. The smallest absolute Gasteiger partial charge is 0.255 e. The molecule has 1 amide bonds. The minimum absolute atomic E-state index is 0.0624. The maximum atomic E-state index is 12.1. The molecule has 1 saturated heterocycles. The number of anilines is 1. The van der Waals surface area contributed by atoms with Crippen LogP contribution in [0.1, 0.15) is 34.5 Å². The highest BCUT2D eigenvalue weighted by molar-refractivity contribution is 5.98. The fourth-order valence-corrected chi connectivity index (χ4v) is 3.70. The Morgan fingerprint density at radius 3 is 2.55 bits per heavy atom. The van der Waals surface area contributed by atoms with Crippen molar-refractivity contribution in [3.05, 3.63) is 41.2 Å². The first kappa shape index (κ1) is 20.9. The molecule has 0 aliphatic carbocycles. The third-order valence-electron chi connectivity index (χ3n) is 5.19. The molecule has 4 rings (SSSR count). The molecule has 2 aromatic heterocycles. The molecule has 2 aliphatic rings. The number of aromatic nitrogens is 2. The van der Waals surface area contributed by atoms with E-state index in [2.05, 4.69) is 9.88 Å². The molecule has 0 spiro atoms. The molecular weight excluding hydrogens is 372 g/mol. The number of methoxy groups -OCH3 is 1. The van der Waals surface area contributed by atoms with Gasteiger partial charge in [0.2, 0.25) is 5.88 Å². The van der Waals surface area contributed by atoms with Gasteiger partial charge in [0.25, 0.3) is 5.91 Å². The average molecular weight is 400 g/mol. The molecule has 2 aromatic rings. The number of carbonyl (C=O) groups is 1. The van der Waals surface area contributed by atoms with Crippen LogP contribution in [0.15, 0.2) is 24.4 Å². The summed E-state index contributed by atoms with van der Waals surface area (Å²) in [6.45, 7) is 4.38. The number of hydrogen-bond donors (Lipinski definition) is 1. The van der Waals surface area contributed by atoms with E-state index in [0.717, 1.165) is 61.4 Å². The Morgan fingerprint density at radius 2 is 1.93 bits per heavy atom. The highest BCUT2D eigenvalue weighted by Gasteiger charge is 2.29. The zero-order valence-electron chi connectivity index (χ0n) is 17.4. The van der Waals surface area contributed by atoms with Gasteiger partial charge in [0.05, 0.1) is 31.1 Å². The number of fused-ring (bicyclic) bond motifs is 1. The molecule has 2 aliphatic heterocycles. The summed E-state index contributed by atoms with van der Waals surface area (Å²) in [6, 6.07) is 5.67. The first-order valence-corrected chi connectivity index (χ1v) is 9.67. The number of aryl methyl sites for hydroxylation is 1. The van der Waals surface area contributed by atoms with Gasteiger partial charge in [0.15, 0.2) is 0 Å². The lowest BCUT2D eigenvalue weighted by molar-refractivity contribution is 0.0816. The van der Waals surface area contributed by atoms with E-state index in [0.29, 0.717) is 12.4 Å². The van der Waals surface area contributed by atoms with Crippen LogP contribution >= 0.6 is 0 Å². The topological polar surface area (TPSA) is 88.0 Å². The second-order valence-electron chi connectivity index (χ2n) is 7.12. The van der Waals surface area contributed by atoms with E-state index >= 15 is 0 Å². The Balaban J connectivity index is 0.00000117. The molecule has 29 heavy (non-hydrogen) atoms. The number of aliphatic hydroxyl groups excluding tert-OH is 1. The fourth-order valence-electron chi connectivity index (χ4n) is 3.70. The molecule has 8 nitrogen and oxygen atoms in total. The van der Waals surface area contributed by atoms with Gasteiger partial charge in [0.1, 0.15) is 17.7 Å². The summed E-state index contributed by atoms with van der Waals surface area (Å²) in [4.78, 5) is 25.1. The molecule has 0 unspecified atom stereocenters. The van der Waals surface area contributed by atoms with Crippen LogP contribution in [0.5, 0.6) is 11.6 Å². The minimum Gasteiger partial charge on any atom is -0.489 e. The Bertz CT molecular complexity index is 849. The number of hydrogen-bond acceptors (Lipinski definition) is 7. The van der Waals surface area contributed by atoms with E-state index in [4.69, 9.17) is 19.6 Å². The van der Waals surface area contributed by atoms with Gasteiger partial charge < -0.3 is 24.4 Å². The van der Waals surface area contributed by atoms with E-state index in [1.165, 1.54) is 0 Å². The monoisotopic (exact) mass is 400 g/mol. The van der Waals surface area contributed by atoms with Crippen LogP contribution < -0.4 is 14.4 Å². The van der Waals surface area contributed by atoms with E-state index < -0.39 is 0 Å². The molecule has 4 heterocycles. The number of piperidine rings is 1. The highest BCUT2D eigenvalue weighted by Crippen LogP contribution is 2.29. The predicted octanol–water partition coefficient (Wildman–Crippen LogP) is 2.04. The van der Waals surface area contributed by atoms with Gasteiger partial charge in [-0.3, -0.25) is 4.79 Å². The average Bonchev–Trinajstić information content (AvgIpc) is 3.03. The van der Waals surface area contributed by atoms with Crippen molar-refractivity contribution >= 4 is 11.7 Å². The van der Waals surface area contributed by atoms with Gasteiger partial charge in [-0.25, -0.2) is 9.97 Å². The Hall–Kier alpha value is -2.87. The van der Waals surface area contributed by atoms with Gasteiger partial charge in [0, 0.05) is 46.2 Å². The fraction of sp³-hybridized carbons (Fsp3) is 0.476. The van der Waals surface area contributed by atoms with Crippen molar-refractivity contribution in [2.45, 2.75) is 32.4 Å². The molecular formula is C21H28N4O4. The number of pyridine rings is 2. The van der Waals surface area contributed by atoms with Crippen molar-refractivity contribution in [1.82, 2.24) is 14.9 Å². The van der Waals surface area contributed by atoms with Crippen LogP contribution in [0.2, 0.25) is 0 Å². The summed E-state index contributed by atoms with van der Waals surface area (Å²) < 4.78 is 11.1. The van der Waals surface area contributed by atoms with Gasteiger partial charge >= 0.3 is 0 Å². The summed E-state index contributed by atoms with van der Waals surface area (Å²) in [5.41, 5.74) is 2.67. The number of ether oxygens (including phenoxy) is 2. The summed E-state index contributed by atoms with van der Waals surface area (Å²) >= 11 is 0. The van der Waals surface area contributed by atoms with Crippen molar-refractivity contribution < 1.29 is 19.4 Å². The van der Waals surface area contributed by atoms with Crippen LogP contribution in [-0.4, -0.2) is 66.3 Å². The minimum atomic E-state index is 0.0624. The molecule has 0 radical (unpaired) electrons. The zero-order valence-corrected chi connectivity index (χ0v) is 17.4. The quantitative estimate of drug-likeness (QED) is 0.840. The standard InChI is InChI=1S/C20H24N4O3.CH4O/c1-13-10-16-17(12-23(2)20(16)25)22-19(13)24-8-6-14(7-9-24)27-15-4-5-18(26-3)21-11-15;1-2/h4-5,10-11,14H,6-9,12H2,1-3H3;2H,1H3. The molecule has 8 heteroatoms. The van der Waals surface area contributed by atoms with Crippen LogP contribution in [0.3, 0.4) is 0 Å². The van der Waals surface area contributed by atoms with E-state index in [9.17, 15) is 4.79 Å². The third kappa shape index (κ3) is 4.42. The van der Waals surface area contributed by atoms with Crippen molar-refractivity contribution in [2.75, 3.05) is 39.3 Å². The summed E-state index contributed by atoms with van der Waals surface area (Å²) in [7, 11) is 4.41. The predicted molar refractivity (Wildman–Crippen MR) is 110 cm³/mol. The second-order valence-corrected chi connectivity index (χ2v) is 7.12. The Morgan fingerprint density at radius 1 is 1.21 bits per heavy atom. The molecule has 0 aromatic carbocycles. The SMILES string of the molecule is CO.COc1ccc(OC2CCN(c3nc4c(cc3C)C(=O)N(C)C4)CC2)cn1. The molecule has 0 bridgehead atoms. The number of rotatable bonds is 4. The maximum Gasteiger partial charge on any atom is 0.255 e. The van der Waals surface area contributed by atoms with Gasteiger partial charge in [-0.05, 0) is 24.6 Å². The van der Waals surface area contributed by atoms with Crippen LogP contribution in [0, 0.1) is 6.92 Å². The number of aliphatic hydroxyl groups is 1. The maximum absolute atomic E-state index is 12.1. The van der Waals surface area contributed by atoms with Crippen LogP contribution in [0.25, 0.3) is 0 Å². The van der Waals surface area contributed by atoms with Crippen molar-refractivity contribution in [3.63, 3.8) is 0 Å². The lowest BCUT2D eigenvalue weighted by atomic mass is 10.1. The largest absolute Gasteiger partial charge is 0.489 e. The van der Waals surface area contributed by atoms with Crippen molar-refractivity contribution in [1.29, 1.82) is 0 Å². The molecule has 0 saturated carbocycles. The highest BCUT2D eigenvalue weighted by atomic mass is 16.5. The van der Waals surface area contributed by atoms with E-state index in [1.54, 1.807) is 24.3 Å². The van der Waals surface area contributed by atoms with Crippen molar-refractivity contribution in [3.8, 4) is 11.6 Å². The van der Waals surface area contributed by atoms with Crippen LogP contribution in [-0.2, 0) is 6.54 Å². The molecule has 0 atom stereocenters.